The van der Waals surface area contributed by atoms with E-state index >= 15 is 0 Å². The third-order valence-corrected chi connectivity index (χ3v) is 5.15. The van der Waals surface area contributed by atoms with Crippen molar-refractivity contribution in [2.24, 2.45) is 11.7 Å². The van der Waals surface area contributed by atoms with E-state index in [1.54, 1.807) is 0 Å². The van der Waals surface area contributed by atoms with Gasteiger partial charge in [0.25, 0.3) is 0 Å². The minimum absolute atomic E-state index is 0.180. The zero-order valence-electron chi connectivity index (χ0n) is 12.3. The summed E-state index contributed by atoms with van der Waals surface area (Å²) in [5.41, 5.74) is 5.49. The number of rotatable bonds is 3. The molecule has 1 saturated heterocycles. The molecule has 6 heteroatoms. The van der Waals surface area contributed by atoms with Crippen LogP contribution < -0.4 is 5.73 Å². The first kappa shape index (κ1) is 16.0. The van der Waals surface area contributed by atoms with Crippen molar-refractivity contribution in [1.29, 1.82) is 0 Å². The molecule has 0 aromatic heterocycles. The van der Waals surface area contributed by atoms with E-state index in [-0.39, 0.29) is 12.8 Å². The zero-order valence-corrected chi connectivity index (χ0v) is 12.3. The minimum Gasteiger partial charge on any atom is -0.329 e. The first-order chi connectivity index (χ1) is 9.41. The van der Waals surface area contributed by atoms with Crippen LogP contribution in [0.3, 0.4) is 0 Å². The Morgan fingerprint density at radius 1 is 1.20 bits per heavy atom. The van der Waals surface area contributed by atoms with Crippen LogP contribution in [0.4, 0.5) is 13.2 Å². The van der Waals surface area contributed by atoms with Crippen LogP contribution in [0.25, 0.3) is 0 Å². The molecule has 0 aromatic carbocycles. The van der Waals surface area contributed by atoms with Crippen molar-refractivity contribution in [3.8, 4) is 0 Å². The Balaban J connectivity index is 2.05. The van der Waals surface area contributed by atoms with Crippen molar-refractivity contribution < 1.29 is 13.2 Å². The Kier molecular flexibility index (Phi) is 4.97. The van der Waals surface area contributed by atoms with E-state index in [0.717, 1.165) is 39.1 Å². The number of alkyl halides is 3. The van der Waals surface area contributed by atoms with Crippen molar-refractivity contribution >= 4 is 0 Å². The Morgan fingerprint density at radius 2 is 1.85 bits per heavy atom. The van der Waals surface area contributed by atoms with Gasteiger partial charge in [0.15, 0.2) is 0 Å². The van der Waals surface area contributed by atoms with Gasteiger partial charge in [0, 0.05) is 38.3 Å². The van der Waals surface area contributed by atoms with Crippen molar-refractivity contribution in [2.75, 3.05) is 39.3 Å². The van der Waals surface area contributed by atoms with Crippen LogP contribution in [0, 0.1) is 5.92 Å². The van der Waals surface area contributed by atoms with E-state index in [2.05, 4.69) is 16.7 Å². The number of nitrogens with zero attached hydrogens (tertiary/aromatic N) is 2. The lowest BCUT2D eigenvalue weighted by atomic mass is 9.74. The molecular weight excluding hydrogens is 267 g/mol. The molecule has 2 N–H and O–H groups in total. The summed E-state index contributed by atoms with van der Waals surface area (Å²) in [6.45, 7) is 7.03. The van der Waals surface area contributed by atoms with Gasteiger partial charge in [-0.05, 0) is 25.8 Å². The van der Waals surface area contributed by atoms with Gasteiger partial charge in [0.05, 0.1) is 5.92 Å². The highest BCUT2D eigenvalue weighted by molar-refractivity contribution is 4.99. The lowest BCUT2D eigenvalue weighted by molar-refractivity contribution is -0.194. The van der Waals surface area contributed by atoms with E-state index in [4.69, 9.17) is 5.73 Å². The fraction of sp³-hybridized carbons (Fsp3) is 1.00. The predicted octanol–water partition coefficient (Wildman–Crippen LogP) is 2.07. The van der Waals surface area contributed by atoms with Crippen LogP contribution in [0.5, 0.6) is 0 Å². The first-order valence-electron chi connectivity index (χ1n) is 7.65. The van der Waals surface area contributed by atoms with Crippen LogP contribution in [0.1, 0.15) is 32.6 Å². The van der Waals surface area contributed by atoms with Crippen molar-refractivity contribution in [3.05, 3.63) is 0 Å². The number of hydrogen-bond acceptors (Lipinski definition) is 3. The summed E-state index contributed by atoms with van der Waals surface area (Å²) < 4.78 is 39.1. The van der Waals surface area contributed by atoms with Crippen LogP contribution in [-0.4, -0.2) is 60.8 Å². The SMILES string of the molecule is CCN1CCN(C2(CN)CCCC(C(F)(F)F)C2)CC1. The van der Waals surface area contributed by atoms with Gasteiger partial charge < -0.3 is 10.6 Å². The molecule has 2 fully saturated rings. The monoisotopic (exact) mass is 293 g/mol. The molecule has 1 heterocycles. The Bertz CT molecular complexity index is 313. The largest absolute Gasteiger partial charge is 0.391 e. The maximum absolute atomic E-state index is 13.0. The normalized spacial score (nSPS) is 34.4. The lowest BCUT2D eigenvalue weighted by Crippen LogP contribution is -2.62. The van der Waals surface area contributed by atoms with Crippen molar-refractivity contribution in [1.82, 2.24) is 9.80 Å². The van der Waals surface area contributed by atoms with Gasteiger partial charge in [-0.2, -0.15) is 13.2 Å². The number of nitrogens with two attached hydrogens (primary N) is 1. The summed E-state index contributed by atoms with van der Waals surface area (Å²) >= 11 is 0. The molecule has 0 spiro atoms. The van der Waals surface area contributed by atoms with Crippen molar-refractivity contribution in [3.63, 3.8) is 0 Å². The van der Waals surface area contributed by atoms with Gasteiger partial charge in [-0.25, -0.2) is 0 Å². The molecule has 20 heavy (non-hydrogen) atoms. The third-order valence-electron chi connectivity index (χ3n) is 5.15. The molecule has 1 saturated carbocycles. The van der Waals surface area contributed by atoms with E-state index in [0.29, 0.717) is 13.0 Å². The van der Waals surface area contributed by atoms with Gasteiger partial charge in [0.1, 0.15) is 0 Å². The highest BCUT2D eigenvalue weighted by atomic mass is 19.4. The molecule has 0 aromatic rings. The number of likely N-dealkylation sites (N-methyl/N-ethyl adjacent to an activating group) is 1. The van der Waals surface area contributed by atoms with Gasteiger partial charge >= 0.3 is 6.18 Å². The minimum atomic E-state index is -4.08. The van der Waals surface area contributed by atoms with Gasteiger partial charge in [0.2, 0.25) is 0 Å². The Hall–Kier alpha value is -0.330. The average molecular weight is 293 g/mol. The third kappa shape index (κ3) is 3.28. The molecule has 3 nitrogen and oxygen atoms in total. The van der Waals surface area contributed by atoms with Gasteiger partial charge in [-0.15, -0.1) is 0 Å². The summed E-state index contributed by atoms with van der Waals surface area (Å²) in [6, 6.07) is 0. The molecule has 2 atom stereocenters. The number of hydrogen-bond donors (Lipinski definition) is 1. The molecular formula is C14H26F3N3. The topological polar surface area (TPSA) is 32.5 Å². The molecule has 1 aliphatic carbocycles. The molecule has 1 aliphatic heterocycles. The number of halogens is 3. The van der Waals surface area contributed by atoms with E-state index in [1.807, 2.05) is 0 Å². The Labute approximate surface area is 119 Å². The van der Waals surface area contributed by atoms with Crippen molar-refractivity contribution in [2.45, 2.75) is 44.3 Å². The molecule has 0 bridgehead atoms. The second-order valence-electron chi connectivity index (χ2n) is 6.18. The predicted molar refractivity (Wildman–Crippen MR) is 73.5 cm³/mol. The summed E-state index contributed by atoms with van der Waals surface area (Å²) in [6.07, 6.45) is -2.19. The van der Waals surface area contributed by atoms with Crippen LogP contribution in [0.15, 0.2) is 0 Å². The quantitative estimate of drug-likeness (QED) is 0.864. The fourth-order valence-corrected chi connectivity index (χ4v) is 3.76. The second-order valence-corrected chi connectivity index (χ2v) is 6.18. The smallest absolute Gasteiger partial charge is 0.329 e. The molecule has 0 amide bonds. The maximum Gasteiger partial charge on any atom is 0.391 e. The van der Waals surface area contributed by atoms with Gasteiger partial charge in [-0.1, -0.05) is 13.3 Å². The van der Waals surface area contributed by atoms with Crippen LogP contribution in [0.2, 0.25) is 0 Å². The maximum atomic E-state index is 13.0. The van der Waals surface area contributed by atoms with E-state index < -0.39 is 17.6 Å². The highest BCUT2D eigenvalue weighted by Gasteiger charge is 2.49. The molecule has 118 valence electrons. The average Bonchev–Trinajstić information content (AvgIpc) is 2.46. The van der Waals surface area contributed by atoms with E-state index in [1.165, 1.54) is 0 Å². The molecule has 2 rings (SSSR count). The summed E-state index contributed by atoms with van der Waals surface area (Å²) in [4.78, 5) is 4.57. The summed E-state index contributed by atoms with van der Waals surface area (Å²) in [5.74, 6) is -1.18. The molecule has 2 unspecified atom stereocenters. The van der Waals surface area contributed by atoms with E-state index in [9.17, 15) is 13.2 Å². The standard InChI is InChI=1S/C14H26F3N3/c1-2-19-6-8-20(9-7-19)13(11-18)5-3-4-12(10-13)14(15,16)17/h12H,2-11,18H2,1H3. The van der Waals surface area contributed by atoms with Gasteiger partial charge in [-0.3, -0.25) is 4.90 Å². The summed E-state index contributed by atoms with van der Waals surface area (Å²) in [7, 11) is 0. The zero-order chi connectivity index (χ0) is 14.8. The van der Waals surface area contributed by atoms with Crippen LogP contribution >= 0.6 is 0 Å². The highest BCUT2D eigenvalue weighted by Crippen LogP contribution is 2.44. The molecule has 0 radical (unpaired) electrons. The first-order valence-corrected chi connectivity index (χ1v) is 7.65. The second kappa shape index (κ2) is 6.20. The Morgan fingerprint density at radius 3 is 2.35 bits per heavy atom. The fourth-order valence-electron chi connectivity index (χ4n) is 3.76. The molecule has 2 aliphatic rings. The summed E-state index contributed by atoms with van der Waals surface area (Å²) in [5, 5.41) is 0. The number of piperazine rings is 1. The van der Waals surface area contributed by atoms with Crippen LogP contribution in [-0.2, 0) is 0 Å². The lowest BCUT2D eigenvalue weighted by Gasteiger charge is -2.51.